The Morgan fingerprint density at radius 1 is 0.694 bits per heavy atom. The van der Waals surface area contributed by atoms with Gasteiger partial charge in [-0.15, -0.1) is 0 Å². The fourth-order valence-electron chi connectivity index (χ4n) is 3.69. The van der Waals surface area contributed by atoms with E-state index in [0.717, 1.165) is 12.8 Å². The quantitative estimate of drug-likeness (QED) is 0.103. The molecule has 0 spiro atoms. The van der Waals surface area contributed by atoms with Gasteiger partial charge in [-0.1, -0.05) is 84.0 Å². The lowest BCUT2D eigenvalue weighted by molar-refractivity contribution is -0.170. The molecule has 0 amide bonds. The first-order valence-corrected chi connectivity index (χ1v) is 12.8. The van der Waals surface area contributed by atoms with Crippen LogP contribution >= 0.6 is 0 Å². The molecule has 0 rings (SSSR count). The Morgan fingerprint density at radius 3 is 1.39 bits per heavy atom. The van der Waals surface area contributed by atoms with Crippen LogP contribution in [0.5, 0.6) is 0 Å². The van der Waals surface area contributed by atoms with Gasteiger partial charge in [-0.05, 0) is 12.8 Å². The Hall–Kier alpha value is -2.24. The van der Waals surface area contributed by atoms with Crippen molar-refractivity contribution in [2.24, 2.45) is 5.92 Å². The van der Waals surface area contributed by atoms with E-state index in [1.807, 2.05) is 0 Å². The van der Waals surface area contributed by atoms with Gasteiger partial charge in [0, 0.05) is 0 Å². The van der Waals surface area contributed by atoms with E-state index in [9.17, 15) is 24.3 Å². The van der Waals surface area contributed by atoms with E-state index in [1.165, 1.54) is 64.2 Å². The Kier molecular flexibility index (Phi) is 21.9. The summed E-state index contributed by atoms with van der Waals surface area (Å²) in [6.07, 6.45) is 12.7. The van der Waals surface area contributed by atoms with Crippen molar-refractivity contribution >= 4 is 23.9 Å². The number of hydrogen-bond donors (Lipinski definition) is 7. The molecular formula is C25H46O11. The monoisotopic (exact) mass is 522 g/mol. The third-order valence-corrected chi connectivity index (χ3v) is 5.81. The van der Waals surface area contributed by atoms with Crippen LogP contribution in [0.2, 0.25) is 0 Å². The zero-order valence-corrected chi connectivity index (χ0v) is 21.4. The lowest BCUT2D eigenvalue weighted by atomic mass is 9.94. The highest BCUT2D eigenvalue weighted by Gasteiger charge is 2.40. The van der Waals surface area contributed by atoms with Gasteiger partial charge in [-0.25, -0.2) is 4.79 Å². The molecule has 0 saturated heterocycles. The van der Waals surface area contributed by atoms with Gasteiger partial charge in [0.2, 0.25) is 0 Å². The Labute approximate surface area is 213 Å². The summed E-state index contributed by atoms with van der Waals surface area (Å²) >= 11 is 0. The normalized spacial score (nSPS) is 12.8. The maximum Gasteiger partial charge on any atom is 0.336 e. The smallest absolute Gasteiger partial charge is 0.336 e. The minimum atomic E-state index is -2.74. The predicted molar refractivity (Wildman–Crippen MR) is 132 cm³/mol. The molecule has 36 heavy (non-hydrogen) atoms. The van der Waals surface area contributed by atoms with E-state index in [1.54, 1.807) is 0 Å². The maximum absolute atomic E-state index is 11.1. The summed E-state index contributed by atoms with van der Waals surface area (Å²) in [5.41, 5.74) is -2.74. The highest BCUT2D eigenvalue weighted by atomic mass is 16.4. The summed E-state index contributed by atoms with van der Waals surface area (Å²) in [7, 11) is 0. The molecule has 0 aliphatic rings. The summed E-state index contributed by atoms with van der Waals surface area (Å²) < 4.78 is 0. The Balaban J connectivity index is 0. The highest BCUT2D eigenvalue weighted by molar-refractivity contribution is 5.88. The van der Waals surface area contributed by atoms with Crippen LogP contribution < -0.4 is 0 Å². The summed E-state index contributed by atoms with van der Waals surface area (Å²) in [6, 6.07) is 0. The average Bonchev–Trinajstić information content (AvgIpc) is 2.77. The van der Waals surface area contributed by atoms with Gasteiger partial charge in [0.1, 0.15) is 0 Å². The van der Waals surface area contributed by atoms with Crippen LogP contribution in [-0.2, 0) is 19.2 Å². The van der Waals surface area contributed by atoms with Crippen LogP contribution in [0, 0.1) is 5.92 Å². The molecule has 0 aromatic rings. The van der Waals surface area contributed by atoms with Gasteiger partial charge >= 0.3 is 23.9 Å². The lowest BCUT2D eigenvalue weighted by Crippen LogP contribution is -2.42. The fraction of sp³-hybridized carbons (Fsp3) is 0.840. The van der Waals surface area contributed by atoms with Gasteiger partial charge in [0.15, 0.2) is 5.60 Å². The third-order valence-electron chi connectivity index (χ3n) is 5.81. The maximum atomic E-state index is 11.1. The predicted octanol–water partition coefficient (Wildman–Crippen LogP) is 3.27. The molecule has 212 valence electrons. The zero-order chi connectivity index (χ0) is 28.0. The van der Waals surface area contributed by atoms with E-state index in [-0.39, 0.29) is 13.0 Å². The average molecular weight is 523 g/mol. The van der Waals surface area contributed by atoms with Crippen molar-refractivity contribution in [1.29, 1.82) is 0 Å². The van der Waals surface area contributed by atoms with E-state index >= 15 is 0 Å². The van der Waals surface area contributed by atoms with Crippen molar-refractivity contribution in [3.63, 3.8) is 0 Å². The van der Waals surface area contributed by atoms with E-state index < -0.39 is 54.3 Å². The second kappa shape index (κ2) is 22.0. The molecule has 0 heterocycles. The molecular weight excluding hydrogens is 476 g/mol. The van der Waals surface area contributed by atoms with E-state index in [0.29, 0.717) is 6.42 Å². The van der Waals surface area contributed by atoms with Crippen LogP contribution in [-0.4, -0.2) is 77.9 Å². The van der Waals surface area contributed by atoms with Crippen molar-refractivity contribution in [3.8, 4) is 0 Å². The van der Waals surface area contributed by atoms with Crippen molar-refractivity contribution in [1.82, 2.24) is 0 Å². The second-order valence-corrected chi connectivity index (χ2v) is 9.26. The molecule has 0 aromatic carbocycles. The van der Waals surface area contributed by atoms with Crippen LogP contribution in [0.1, 0.15) is 110 Å². The molecule has 0 fully saturated rings. The summed E-state index contributed by atoms with van der Waals surface area (Å²) in [6.45, 7) is 1.88. The van der Waals surface area contributed by atoms with Gasteiger partial charge in [0.05, 0.1) is 31.5 Å². The Morgan fingerprint density at radius 2 is 1.08 bits per heavy atom. The van der Waals surface area contributed by atoms with E-state index in [2.05, 4.69) is 6.92 Å². The zero-order valence-electron chi connectivity index (χ0n) is 21.4. The highest BCUT2D eigenvalue weighted by Crippen LogP contribution is 2.18. The topological polar surface area (TPSA) is 210 Å². The number of rotatable bonds is 22. The molecule has 11 nitrogen and oxygen atoms in total. The molecule has 11 heteroatoms. The lowest BCUT2D eigenvalue weighted by Gasteiger charge is -2.18. The number of hydrogen-bond acceptors (Lipinski definition) is 7. The summed E-state index contributed by atoms with van der Waals surface area (Å²) in [5.74, 6) is -6.41. The van der Waals surface area contributed by atoms with Crippen molar-refractivity contribution in [2.75, 3.05) is 6.61 Å². The SMILES string of the molecule is CCCCCCCCCCCCCCC(CC(O)CO)C(=O)O.O=C(O)CC(O)(CC(=O)O)C(=O)O. The molecule has 0 bridgehead atoms. The molecule has 2 unspecified atom stereocenters. The minimum Gasteiger partial charge on any atom is -0.481 e. The number of aliphatic carboxylic acids is 4. The first kappa shape index (κ1) is 35.9. The number of carboxylic acid groups (broad SMARTS) is 4. The number of aliphatic hydroxyl groups excluding tert-OH is 2. The number of unbranched alkanes of at least 4 members (excludes halogenated alkanes) is 11. The molecule has 0 aromatic heterocycles. The second-order valence-electron chi connectivity index (χ2n) is 9.26. The van der Waals surface area contributed by atoms with Gasteiger partial charge in [0.25, 0.3) is 0 Å². The molecule has 7 N–H and O–H groups in total. The van der Waals surface area contributed by atoms with Crippen molar-refractivity contribution in [2.45, 2.75) is 121 Å². The van der Waals surface area contributed by atoms with Gasteiger partial charge < -0.3 is 35.7 Å². The van der Waals surface area contributed by atoms with Crippen LogP contribution in [0.25, 0.3) is 0 Å². The van der Waals surface area contributed by atoms with Gasteiger partial charge in [-0.2, -0.15) is 0 Å². The molecule has 0 radical (unpaired) electrons. The number of carbonyl (C=O) groups is 4. The van der Waals surface area contributed by atoms with Gasteiger partial charge in [-0.3, -0.25) is 14.4 Å². The van der Waals surface area contributed by atoms with Crippen LogP contribution in [0.3, 0.4) is 0 Å². The largest absolute Gasteiger partial charge is 0.481 e. The van der Waals surface area contributed by atoms with Crippen molar-refractivity contribution < 1.29 is 54.9 Å². The molecule has 0 aliphatic carbocycles. The third kappa shape index (κ3) is 21.1. The minimum absolute atomic E-state index is 0.157. The fourth-order valence-corrected chi connectivity index (χ4v) is 3.69. The number of carboxylic acids is 4. The number of aliphatic hydroxyl groups is 3. The molecule has 2 atom stereocenters. The van der Waals surface area contributed by atoms with Crippen molar-refractivity contribution in [3.05, 3.63) is 0 Å². The van der Waals surface area contributed by atoms with Crippen LogP contribution in [0.4, 0.5) is 0 Å². The van der Waals surface area contributed by atoms with E-state index in [4.69, 9.17) is 30.6 Å². The standard InChI is InChI=1S/C19H38O4.C6H8O7/c1-2-3-4-5-6-7-8-9-10-11-12-13-14-17(19(22)23)15-18(21)16-20;7-3(8)1-6(13,5(11)12)2-4(9)10/h17-18,20-21H,2-16H2,1H3,(H,22,23);13H,1-2H2,(H,7,8)(H,9,10)(H,11,12). The Bertz CT molecular complexity index is 605. The summed E-state index contributed by atoms with van der Waals surface area (Å²) in [5, 5.41) is 61.1. The first-order chi connectivity index (χ1) is 16.9. The molecule has 0 aliphatic heterocycles. The molecule has 0 saturated carbocycles. The van der Waals surface area contributed by atoms with Crippen LogP contribution in [0.15, 0.2) is 0 Å². The first-order valence-electron chi connectivity index (χ1n) is 12.8. The summed E-state index contributed by atoms with van der Waals surface area (Å²) in [4.78, 5) is 41.6.